The number of anilines is 1. The Labute approximate surface area is 212 Å². The molecular weight excluding hydrogens is 462 g/mol. The number of carbonyl (C=O) groups excluding carboxylic acids is 2. The average molecular weight is 495 g/mol. The molecule has 2 amide bonds. The molecule has 35 heavy (non-hydrogen) atoms. The van der Waals surface area contributed by atoms with Crippen LogP contribution in [0.5, 0.6) is 0 Å². The van der Waals surface area contributed by atoms with E-state index in [1.807, 2.05) is 17.0 Å². The van der Waals surface area contributed by atoms with Crippen molar-refractivity contribution in [2.45, 2.75) is 18.9 Å². The van der Waals surface area contributed by atoms with Crippen molar-refractivity contribution < 1.29 is 11.0 Å². The number of aromatic nitrogens is 1. The van der Waals surface area contributed by atoms with Gasteiger partial charge >= 0.3 is 0 Å². The van der Waals surface area contributed by atoms with Gasteiger partial charge in [-0.05, 0) is 68.7 Å². The van der Waals surface area contributed by atoms with Crippen LogP contribution in [-0.2, 0) is 4.79 Å². The molecule has 0 spiro atoms. The number of likely N-dealkylation sites (tertiary alicyclic amines) is 1. The first-order valence-corrected chi connectivity index (χ1v) is 12.6. The molecular formula is C27H32ClN5O2. The summed E-state index contributed by atoms with van der Waals surface area (Å²) in [5.41, 5.74) is 1.65. The molecule has 8 heteroatoms. The van der Waals surface area contributed by atoms with E-state index in [0.717, 1.165) is 31.6 Å². The normalized spacial score (nSPS) is 18.6. The van der Waals surface area contributed by atoms with E-state index in [2.05, 4.69) is 21.8 Å². The van der Waals surface area contributed by atoms with Crippen LogP contribution in [0.4, 0.5) is 5.69 Å². The maximum absolute atomic E-state index is 13.7. The van der Waals surface area contributed by atoms with Gasteiger partial charge in [0, 0.05) is 49.5 Å². The molecule has 1 aromatic heterocycles. The van der Waals surface area contributed by atoms with Crippen LogP contribution in [0.25, 0.3) is 10.9 Å². The quantitative estimate of drug-likeness (QED) is 0.587. The van der Waals surface area contributed by atoms with Gasteiger partial charge in [0.1, 0.15) is 6.54 Å². The highest BCUT2D eigenvalue weighted by atomic mass is 35.5. The third-order valence-electron chi connectivity index (χ3n) is 7.29. The van der Waals surface area contributed by atoms with Crippen molar-refractivity contribution in [2.24, 2.45) is 0 Å². The molecule has 0 atom stereocenters. The first-order valence-electron chi connectivity index (χ1n) is 12.7. The largest absolute Gasteiger partial charge is 0.361 e. The van der Waals surface area contributed by atoms with Crippen molar-refractivity contribution in [3.05, 3.63) is 65.3 Å². The molecule has 2 aromatic carbocycles. The zero-order chi connectivity index (χ0) is 25.2. The molecule has 2 saturated heterocycles. The van der Waals surface area contributed by atoms with Gasteiger partial charge in [0.15, 0.2) is 0 Å². The standard InChI is InChI=1S/C27H32ClN5O2/c1-30-12-9-22(10-13-30)31-14-16-32(17-15-31)26(34)19-33(25-5-3-2-4-23(25)28)27(35)21-7-6-20-8-11-29-24(20)18-21/h2-8,11,18,22,29H,9-10,12-17,19H2,1H3/i11D. The molecule has 0 unspecified atom stereocenters. The number of benzene rings is 2. The number of piperidine rings is 1. The number of halogens is 1. The molecule has 184 valence electrons. The summed E-state index contributed by atoms with van der Waals surface area (Å²) in [5, 5.41) is 1.28. The minimum Gasteiger partial charge on any atom is -0.361 e. The second-order valence-electron chi connectivity index (χ2n) is 9.51. The van der Waals surface area contributed by atoms with Crippen LogP contribution in [0.2, 0.25) is 5.02 Å². The number of H-pyrrole nitrogens is 1. The number of piperazine rings is 1. The minimum atomic E-state index is -0.301. The third-order valence-corrected chi connectivity index (χ3v) is 7.61. The summed E-state index contributed by atoms with van der Waals surface area (Å²) >= 11 is 6.47. The van der Waals surface area contributed by atoms with Crippen LogP contribution in [0.3, 0.4) is 0 Å². The van der Waals surface area contributed by atoms with E-state index in [4.69, 9.17) is 13.0 Å². The molecule has 5 rings (SSSR count). The number of amides is 2. The number of nitrogens with one attached hydrogen (secondary N) is 1. The number of fused-ring (bicyclic) bond motifs is 1. The summed E-state index contributed by atoms with van der Waals surface area (Å²) in [7, 11) is 2.17. The van der Waals surface area contributed by atoms with Crippen molar-refractivity contribution in [3.8, 4) is 0 Å². The Kier molecular flexibility index (Phi) is 6.71. The maximum atomic E-state index is 13.7. The predicted molar refractivity (Wildman–Crippen MR) is 140 cm³/mol. The van der Waals surface area contributed by atoms with E-state index in [1.165, 1.54) is 17.7 Å². The molecule has 0 aliphatic carbocycles. The van der Waals surface area contributed by atoms with Gasteiger partial charge in [0.2, 0.25) is 5.91 Å². The van der Waals surface area contributed by atoms with E-state index in [9.17, 15) is 9.59 Å². The lowest BCUT2D eigenvalue weighted by atomic mass is 10.0. The summed E-state index contributed by atoms with van der Waals surface area (Å²) in [6.07, 6.45) is 2.63. The Hall–Kier alpha value is -2.87. The Morgan fingerprint density at radius 3 is 2.54 bits per heavy atom. The van der Waals surface area contributed by atoms with Gasteiger partial charge in [-0.15, -0.1) is 0 Å². The Bertz CT molecular complexity index is 1250. The molecule has 3 heterocycles. The molecule has 2 aliphatic heterocycles. The van der Waals surface area contributed by atoms with Crippen LogP contribution in [-0.4, -0.2) is 90.4 Å². The molecule has 3 aromatic rings. The molecule has 0 saturated carbocycles. The van der Waals surface area contributed by atoms with Gasteiger partial charge in [0.25, 0.3) is 5.91 Å². The highest BCUT2D eigenvalue weighted by Gasteiger charge is 2.30. The lowest BCUT2D eigenvalue weighted by molar-refractivity contribution is -0.131. The molecule has 0 radical (unpaired) electrons. The Morgan fingerprint density at radius 2 is 1.80 bits per heavy atom. The number of hydrogen-bond donors (Lipinski definition) is 1. The summed E-state index contributed by atoms with van der Waals surface area (Å²) < 4.78 is 7.82. The third kappa shape index (κ3) is 5.22. The number of aromatic amines is 1. The molecule has 7 nitrogen and oxygen atoms in total. The van der Waals surface area contributed by atoms with Gasteiger partial charge in [-0.3, -0.25) is 19.4 Å². The number of hydrogen-bond acceptors (Lipinski definition) is 4. The number of carbonyl (C=O) groups is 2. The van der Waals surface area contributed by atoms with Crippen LogP contribution in [0, 0.1) is 0 Å². The van der Waals surface area contributed by atoms with Crippen molar-refractivity contribution in [3.63, 3.8) is 0 Å². The van der Waals surface area contributed by atoms with Gasteiger partial charge in [-0.1, -0.05) is 29.8 Å². The average Bonchev–Trinajstić information content (AvgIpc) is 3.27. The molecule has 2 fully saturated rings. The number of nitrogens with zero attached hydrogens (tertiary/aromatic N) is 4. The fourth-order valence-corrected chi connectivity index (χ4v) is 5.38. The smallest absolute Gasteiger partial charge is 0.258 e. The van der Waals surface area contributed by atoms with Gasteiger partial charge in [-0.25, -0.2) is 0 Å². The first kappa shape index (κ1) is 22.6. The van der Waals surface area contributed by atoms with Crippen molar-refractivity contribution in [2.75, 3.05) is 57.8 Å². The monoisotopic (exact) mass is 494 g/mol. The zero-order valence-electron chi connectivity index (χ0n) is 21.0. The summed E-state index contributed by atoms with van der Waals surface area (Å²) in [6.45, 7) is 5.21. The van der Waals surface area contributed by atoms with Crippen LogP contribution < -0.4 is 4.90 Å². The van der Waals surface area contributed by atoms with E-state index in [-0.39, 0.29) is 24.5 Å². The van der Waals surface area contributed by atoms with E-state index < -0.39 is 0 Å². The van der Waals surface area contributed by atoms with Crippen LogP contribution in [0.15, 0.2) is 54.7 Å². The number of para-hydroxylation sites is 1. The summed E-state index contributed by atoms with van der Waals surface area (Å²) in [5.74, 6) is -0.384. The van der Waals surface area contributed by atoms with E-state index >= 15 is 0 Å². The lowest BCUT2D eigenvalue weighted by Gasteiger charge is -2.42. The predicted octanol–water partition coefficient (Wildman–Crippen LogP) is 3.71. The van der Waals surface area contributed by atoms with Gasteiger partial charge in [-0.2, -0.15) is 0 Å². The first-order chi connectivity index (χ1) is 17.4. The summed E-state index contributed by atoms with van der Waals surface area (Å²) in [6, 6.07) is 14.7. The van der Waals surface area contributed by atoms with Crippen molar-refractivity contribution in [1.82, 2.24) is 19.7 Å². The SMILES string of the molecule is [2H]c1cc2ccc(C(=O)N(CC(=O)N3CCN(C4CCN(C)CC4)CC3)c3ccccc3Cl)cc2[nH]1. The highest BCUT2D eigenvalue weighted by Crippen LogP contribution is 2.28. The van der Waals surface area contributed by atoms with Crippen LogP contribution >= 0.6 is 11.6 Å². The summed E-state index contributed by atoms with van der Waals surface area (Å²) in [4.78, 5) is 38.3. The van der Waals surface area contributed by atoms with Crippen molar-refractivity contribution >= 4 is 40.0 Å². The topological polar surface area (TPSA) is 62.9 Å². The maximum Gasteiger partial charge on any atom is 0.258 e. The van der Waals surface area contributed by atoms with E-state index in [0.29, 0.717) is 40.9 Å². The number of rotatable bonds is 5. The Morgan fingerprint density at radius 1 is 1.06 bits per heavy atom. The van der Waals surface area contributed by atoms with Gasteiger partial charge in [0.05, 0.1) is 12.1 Å². The fraction of sp³-hybridized carbons (Fsp3) is 0.407. The second-order valence-corrected chi connectivity index (χ2v) is 9.92. The van der Waals surface area contributed by atoms with E-state index in [1.54, 1.807) is 36.4 Å². The zero-order valence-corrected chi connectivity index (χ0v) is 20.8. The van der Waals surface area contributed by atoms with Crippen LogP contribution in [0.1, 0.15) is 24.6 Å². The lowest BCUT2D eigenvalue weighted by Crippen LogP contribution is -2.55. The highest BCUT2D eigenvalue weighted by molar-refractivity contribution is 6.34. The Balaban J connectivity index is 1.31. The minimum absolute atomic E-state index is 0.0801. The van der Waals surface area contributed by atoms with Crippen molar-refractivity contribution in [1.29, 1.82) is 0 Å². The van der Waals surface area contributed by atoms with Gasteiger partial charge < -0.3 is 14.8 Å². The molecule has 1 N–H and O–H groups in total. The molecule has 2 aliphatic rings. The molecule has 0 bridgehead atoms. The second kappa shape index (κ2) is 10.4. The fourth-order valence-electron chi connectivity index (χ4n) is 5.14.